The van der Waals surface area contributed by atoms with Crippen LogP contribution in [-0.4, -0.2) is 6.04 Å². The first-order chi connectivity index (χ1) is 7.17. The Kier molecular flexibility index (Phi) is 5.34. The Morgan fingerprint density at radius 3 is 2.47 bits per heavy atom. The van der Waals surface area contributed by atoms with Crippen molar-refractivity contribution >= 4 is 15.9 Å². The molecule has 0 saturated heterocycles. The summed E-state index contributed by atoms with van der Waals surface area (Å²) in [5.74, 6) is 0. The fraction of sp³-hybridized carbons (Fsp3) is 0.538. The van der Waals surface area contributed by atoms with Crippen LogP contribution in [0.1, 0.15) is 45.2 Å². The molecular formula is C13H20BrN. The maximum absolute atomic E-state index is 3.64. The zero-order valence-electron chi connectivity index (χ0n) is 9.76. The van der Waals surface area contributed by atoms with Crippen LogP contribution in [0.4, 0.5) is 0 Å². The number of rotatable bonds is 5. The molecule has 0 amide bonds. The van der Waals surface area contributed by atoms with E-state index in [2.05, 4.69) is 66.3 Å². The van der Waals surface area contributed by atoms with Crippen molar-refractivity contribution < 1.29 is 0 Å². The summed E-state index contributed by atoms with van der Waals surface area (Å²) < 4.78 is 1.15. The molecule has 1 atom stereocenters. The standard InChI is InChI=1S/C13H20BrN/c1-4-13(5-2)15-10(3)11-7-6-8-12(14)9-11/h6-10,13,15H,4-5H2,1-3H3/t10-/m0/s1. The van der Waals surface area contributed by atoms with Gasteiger partial charge in [0.25, 0.3) is 0 Å². The lowest BCUT2D eigenvalue weighted by Crippen LogP contribution is -2.30. The van der Waals surface area contributed by atoms with Crippen LogP contribution in [0.25, 0.3) is 0 Å². The lowest BCUT2D eigenvalue weighted by molar-refractivity contribution is 0.432. The fourth-order valence-corrected chi connectivity index (χ4v) is 2.17. The summed E-state index contributed by atoms with van der Waals surface area (Å²) in [5.41, 5.74) is 1.34. The highest BCUT2D eigenvalue weighted by Gasteiger charge is 2.09. The maximum Gasteiger partial charge on any atom is 0.0294 e. The van der Waals surface area contributed by atoms with Crippen molar-refractivity contribution in [2.45, 2.75) is 45.7 Å². The molecule has 1 rings (SSSR count). The van der Waals surface area contributed by atoms with Gasteiger partial charge in [-0.1, -0.05) is 41.9 Å². The third-order valence-electron chi connectivity index (χ3n) is 2.82. The van der Waals surface area contributed by atoms with Gasteiger partial charge in [0.1, 0.15) is 0 Å². The molecule has 0 aromatic heterocycles. The average Bonchev–Trinajstić information content (AvgIpc) is 2.25. The molecule has 2 heteroatoms. The van der Waals surface area contributed by atoms with Gasteiger partial charge in [0.15, 0.2) is 0 Å². The van der Waals surface area contributed by atoms with Crippen molar-refractivity contribution in [3.05, 3.63) is 34.3 Å². The van der Waals surface area contributed by atoms with Crippen molar-refractivity contribution in [2.24, 2.45) is 0 Å². The molecule has 1 aromatic carbocycles. The van der Waals surface area contributed by atoms with Crippen molar-refractivity contribution in [1.29, 1.82) is 0 Å². The largest absolute Gasteiger partial charge is 0.307 e. The van der Waals surface area contributed by atoms with E-state index in [1.54, 1.807) is 0 Å². The minimum absolute atomic E-state index is 0.424. The lowest BCUT2D eigenvalue weighted by Gasteiger charge is -2.21. The first-order valence-electron chi connectivity index (χ1n) is 5.68. The summed E-state index contributed by atoms with van der Waals surface area (Å²) in [6.45, 7) is 6.68. The van der Waals surface area contributed by atoms with Gasteiger partial charge in [0, 0.05) is 16.6 Å². The predicted octanol–water partition coefficient (Wildman–Crippen LogP) is 4.29. The first-order valence-corrected chi connectivity index (χ1v) is 6.48. The Morgan fingerprint density at radius 1 is 1.27 bits per heavy atom. The van der Waals surface area contributed by atoms with Gasteiger partial charge in [-0.25, -0.2) is 0 Å². The van der Waals surface area contributed by atoms with E-state index in [9.17, 15) is 0 Å². The Morgan fingerprint density at radius 2 is 1.93 bits per heavy atom. The number of benzene rings is 1. The molecule has 1 nitrogen and oxygen atoms in total. The molecule has 0 aliphatic rings. The van der Waals surface area contributed by atoms with Gasteiger partial charge in [-0.2, -0.15) is 0 Å². The Balaban J connectivity index is 2.64. The van der Waals surface area contributed by atoms with Crippen LogP contribution in [0.3, 0.4) is 0 Å². The molecule has 0 bridgehead atoms. The van der Waals surface area contributed by atoms with E-state index in [1.807, 2.05) is 0 Å². The van der Waals surface area contributed by atoms with Crippen LogP contribution >= 0.6 is 15.9 Å². The van der Waals surface area contributed by atoms with Crippen molar-refractivity contribution in [2.75, 3.05) is 0 Å². The van der Waals surface area contributed by atoms with Gasteiger partial charge in [-0.3, -0.25) is 0 Å². The normalized spacial score (nSPS) is 13.1. The van der Waals surface area contributed by atoms with Gasteiger partial charge >= 0.3 is 0 Å². The fourth-order valence-electron chi connectivity index (χ4n) is 1.75. The van der Waals surface area contributed by atoms with Crippen LogP contribution in [0.5, 0.6) is 0 Å². The van der Waals surface area contributed by atoms with Gasteiger partial charge in [0.2, 0.25) is 0 Å². The monoisotopic (exact) mass is 269 g/mol. The van der Waals surface area contributed by atoms with Crippen molar-refractivity contribution in [1.82, 2.24) is 5.32 Å². The van der Waals surface area contributed by atoms with Crippen LogP contribution in [-0.2, 0) is 0 Å². The van der Waals surface area contributed by atoms with Gasteiger partial charge in [0.05, 0.1) is 0 Å². The summed E-state index contributed by atoms with van der Waals surface area (Å²) >= 11 is 3.50. The Labute approximate surface area is 101 Å². The Bertz CT molecular complexity index is 294. The van der Waals surface area contributed by atoms with E-state index in [0.29, 0.717) is 12.1 Å². The van der Waals surface area contributed by atoms with E-state index >= 15 is 0 Å². The lowest BCUT2D eigenvalue weighted by atomic mass is 10.1. The Hall–Kier alpha value is -0.340. The van der Waals surface area contributed by atoms with E-state index in [4.69, 9.17) is 0 Å². The summed E-state index contributed by atoms with van der Waals surface area (Å²) in [4.78, 5) is 0. The van der Waals surface area contributed by atoms with Crippen molar-refractivity contribution in [3.63, 3.8) is 0 Å². The molecule has 0 heterocycles. The van der Waals surface area contributed by atoms with Crippen LogP contribution in [0.15, 0.2) is 28.7 Å². The topological polar surface area (TPSA) is 12.0 Å². The molecule has 0 fully saturated rings. The minimum Gasteiger partial charge on any atom is -0.307 e. The molecule has 15 heavy (non-hydrogen) atoms. The van der Waals surface area contributed by atoms with Gasteiger partial charge in [-0.05, 0) is 37.5 Å². The second-order valence-corrected chi connectivity index (χ2v) is 4.87. The number of halogens is 1. The van der Waals surface area contributed by atoms with E-state index < -0.39 is 0 Å². The summed E-state index contributed by atoms with van der Waals surface area (Å²) in [6.07, 6.45) is 2.38. The molecule has 0 unspecified atom stereocenters. The highest BCUT2D eigenvalue weighted by Crippen LogP contribution is 2.18. The molecular weight excluding hydrogens is 250 g/mol. The van der Waals surface area contributed by atoms with Crippen LogP contribution in [0.2, 0.25) is 0 Å². The molecule has 0 aliphatic carbocycles. The number of nitrogens with one attached hydrogen (secondary N) is 1. The second kappa shape index (κ2) is 6.29. The third kappa shape index (κ3) is 3.96. The second-order valence-electron chi connectivity index (χ2n) is 3.96. The highest BCUT2D eigenvalue weighted by molar-refractivity contribution is 9.10. The molecule has 0 aliphatic heterocycles. The van der Waals surface area contributed by atoms with E-state index in [0.717, 1.165) is 4.47 Å². The smallest absolute Gasteiger partial charge is 0.0294 e. The van der Waals surface area contributed by atoms with Gasteiger partial charge < -0.3 is 5.32 Å². The maximum atomic E-state index is 3.64. The molecule has 0 radical (unpaired) electrons. The average molecular weight is 270 g/mol. The summed E-state index contributed by atoms with van der Waals surface area (Å²) in [7, 11) is 0. The minimum atomic E-state index is 0.424. The highest BCUT2D eigenvalue weighted by atomic mass is 79.9. The third-order valence-corrected chi connectivity index (χ3v) is 3.31. The summed E-state index contributed by atoms with van der Waals surface area (Å²) in [5, 5.41) is 3.64. The van der Waals surface area contributed by atoms with Gasteiger partial charge in [-0.15, -0.1) is 0 Å². The molecule has 1 aromatic rings. The molecule has 0 saturated carbocycles. The first kappa shape index (κ1) is 12.7. The quantitative estimate of drug-likeness (QED) is 0.841. The van der Waals surface area contributed by atoms with Crippen LogP contribution < -0.4 is 5.32 Å². The van der Waals surface area contributed by atoms with E-state index in [-0.39, 0.29) is 0 Å². The zero-order chi connectivity index (χ0) is 11.3. The van der Waals surface area contributed by atoms with E-state index in [1.165, 1.54) is 18.4 Å². The number of hydrogen-bond donors (Lipinski definition) is 1. The summed E-state index contributed by atoms with van der Waals surface area (Å²) in [6, 6.07) is 9.55. The number of hydrogen-bond acceptors (Lipinski definition) is 1. The molecule has 84 valence electrons. The van der Waals surface area contributed by atoms with Crippen molar-refractivity contribution in [3.8, 4) is 0 Å². The predicted molar refractivity (Wildman–Crippen MR) is 70.1 cm³/mol. The molecule has 1 N–H and O–H groups in total. The molecule has 0 spiro atoms. The zero-order valence-corrected chi connectivity index (χ0v) is 11.3. The SMILES string of the molecule is CCC(CC)N[C@@H](C)c1cccc(Br)c1. The van der Waals surface area contributed by atoms with Crippen LogP contribution in [0, 0.1) is 0 Å².